The van der Waals surface area contributed by atoms with Crippen LogP contribution in [-0.2, 0) is 10.3 Å². The molecule has 9 heteroatoms. The lowest BCUT2D eigenvalue weighted by atomic mass is 9.74. The first kappa shape index (κ1) is 28.2. The Kier molecular flexibility index (Phi) is 6.84. The second kappa shape index (κ2) is 11.4. The average molecular weight is 650 g/mol. The molecule has 2 atom stereocenters. The summed E-state index contributed by atoms with van der Waals surface area (Å²) in [4.78, 5) is 29.6. The number of aromatic nitrogens is 4. The third-order valence-electron chi connectivity index (χ3n) is 11.2. The van der Waals surface area contributed by atoms with E-state index in [1.165, 1.54) is 0 Å². The molecule has 2 N–H and O–H groups in total. The molecule has 1 saturated carbocycles. The van der Waals surface area contributed by atoms with Crippen molar-refractivity contribution in [2.45, 2.75) is 101 Å². The lowest BCUT2D eigenvalue weighted by Crippen LogP contribution is -2.53. The summed E-state index contributed by atoms with van der Waals surface area (Å²) in [7, 11) is -0.418. The van der Waals surface area contributed by atoms with Crippen molar-refractivity contribution in [2.75, 3.05) is 14.1 Å². The minimum atomic E-state index is -2.66. The summed E-state index contributed by atoms with van der Waals surface area (Å²) in [5.74, 6) is 4.29. The summed E-state index contributed by atoms with van der Waals surface area (Å²) in [6, 6.07) is 10.5. The first-order valence-electron chi connectivity index (χ1n) is 18.3. The number of hydrogen-bond acceptors (Lipinski definition) is 6. The molecule has 2 aromatic heterocycles. The number of nitrogens with zero attached hydrogens (tertiary/aromatic N) is 5. The van der Waals surface area contributed by atoms with E-state index in [0.29, 0.717) is 53.1 Å². The van der Waals surface area contributed by atoms with E-state index >= 15 is 0 Å². The Hall–Kier alpha value is -3.84. The lowest BCUT2D eigenvalue weighted by Gasteiger charge is -2.42. The highest BCUT2D eigenvalue weighted by atomic mass is 28.3. The Morgan fingerprint density at radius 3 is 2.36 bits per heavy atom. The van der Waals surface area contributed by atoms with Crippen LogP contribution < -0.4 is 5.73 Å². The molecule has 3 aliphatic rings. The fourth-order valence-corrected chi connectivity index (χ4v) is 13.9. The van der Waals surface area contributed by atoms with Crippen LogP contribution in [0.5, 0.6) is 0 Å². The van der Waals surface area contributed by atoms with Gasteiger partial charge in [-0.1, -0.05) is 59.6 Å². The SMILES string of the molecule is [2H]C([2H])([2H])N1C(=O)c2cccc(C#C[Si](C(C)C)(C(C)C)C(C)C)c2[C@H]2C[C@@H]1c1nc3ccc(-c4cnc(C5(N)CC(OC)C5)nc4)cc3n12. The first-order valence-corrected chi connectivity index (χ1v) is 19.0. The van der Waals surface area contributed by atoms with E-state index in [4.69, 9.17) is 19.6 Å². The van der Waals surface area contributed by atoms with E-state index in [2.05, 4.69) is 73.6 Å². The number of hydrogen-bond donors (Lipinski definition) is 1. The third kappa shape index (κ3) is 4.79. The zero-order valence-corrected chi connectivity index (χ0v) is 29.3. The van der Waals surface area contributed by atoms with Crippen molar-refractivity contribution in [2.24, 2.45) is 5.73 Å². The van der Waals surface area contributed by atoms with Crippen molar-refractivity contribution >= 4 is 25.0 Å². The summed E-state index contributed by atoms with van der Waals surface area (Å²) in [5, 5.41) is 0. The molecule has 2 bridgehead atoms. The van der Waals surface area contributed by atoms with E-state index in [9.17, 15) is 4.79 Å². The summed E-state index contributed by atoms with van der Waals surface area (Å²) in [6.45, 7) is 11.0. The fourth-order valence-electron chi connectivity index (χ4n) is 8.68. The minimum absolute atomic E-state index is 0.122. The number of fused-ring (bicyclic) bond motifs is 9. The summed E-state index contributed by atoms with van der Waals surface area (Å²) in [6.07, 6.45) is 5.48. The van der Waals surface area contributed by atoms with Crippen LogP contribution in [0.4, 0.5) is 0 Å². The monoisotopic (exact) mass is 649 g/mol. The van der Waals surface area contributed by atoms with Crippen LogP contribution in [0.25, 0.3) is 22.2 Å². The minimum Gasteiger partial charge on any atom is -0.381 e. The summed E-state index contributed by atoms with van der Waals surface area (Å²) in [5.41, 5.74) is 16.4. The molecule has 4 heterocycles. The first-order chi connectivity index (χ1) is 23.6. The second-order valence-corrected chi connectivity index (χ2v) is 20.2. The molecule has 1 fully saturated rings. The van der Waals surface area contributed by atoms with Gasteiger partial charge in [0.05, 0.1) is 34.8 Å². The third-order valence-corrected chi connectivity index (χ3v) is 17.5. The quantitative estimate of drug-likeness (QED) is 0.176. The van der Waals surface area contributed by atoms with Crippen LogP contribution >= 0.6 is 0 Å². The molecule has 0 saturated heterocycles. The maximum Gasteiger partial charge on any atom is 0.254 e. The maximum atomic E-state index is 14.2. The molecule has 2 aliphatic heterocycles. The number of benzene rings is 2. The van der Waals surface area contributed by atoms with Crippen LogP contribution in [-0.4, -0.2) is 58.6 Å². The van der Waals surface area contributed by atoms with Crippen molar-refractivity contribution in [3.8, 4) is 22.6 Å². The topological polar surface area (TPSA) is 99.2 Å². The standard InChI is InChI=1S/C38H46N6O2Si/c1-22(2)47(23(3)4,24(5)6)15-14-25-10-9-11-29-34(25)32-17-33(43(7)36(29)45)35-42-30-13-12-26(16-31(30)44(32)35)27-20-40-37(41-21-27)38(39)18-28(19-38)46-8/h9-13,16,20-24,28,32-33H,17-19,39H2,1-8H3/t28?,32-,33-,38?/m1/s1/i7D3. The Balaban J connectivity index is 1.38. The highest BCUT2D eigenvalue weighted by Gasteiger charge is 2.46. The van der Waals surface area contributed by atoms with Crippen molar-refractivity contribution in [1.29, 1.82) is 0 Å². The van der Waals surface area contributed by atoms with E-state index in [-0.39, 0.29) is 12.1 Å². The average Bonchev–Trinajstić information content (AvgIpc) is 3.55. The number of carbonyl (C=O) groups excluding carboxylic acids is 1. The zero-order valence-electron chi connectivity index (χ0n) is 31.3. The van der Waals surface area contributed by atoms with Gasteiger partial charge < -0.3 is 19.9 Å². The second-order valence-electron chi connectivity index (χ2n) is 14.6. The number of imidazole rings is 1. The van der Waals surface area contributed by atoms with Gasteiger partial charge >= 0.3 is 0 Å². The van der Waals surface area contributed by atoms with Crippen molar-refractivity contribution in [3.63, 3.8) is 0 Å². The van der Waals surface area contributed by atoms with Gasteiger partial charge in [0, 0.05) is 59.3 Å². The molecule has 8 nitrogen and oxygen atoms in total. The Labute approximate surface area is 283 Å². The van der Waals surface area contributed by atoms with E-state index in [1.807, 2.05) is 24.3 Å². The molecule has 47 heavy (non-hydrogen) atoms. The van der Waals surface area contributed by atoms with E-state index < -0.39 is 32.5 Å². The molecular formula is C38H46N6O2Si. The predicted molar refractivity (Wildman–Crippen MR) is 189 cm³/mol. The largest absolute Gasteiger partial charge is 0.381 e. The van der Waals surface area contributed by atoms with E-state index in [0.717, 1.165) is 38.2 Å². The van der Waals surface area contributed by atoms with Crippen LogP contribution in [0.15, 0.2) is 48.8 Å². The van der Waals surface area contributed by atoms with Gasteiger partial charge in [0.2, 0.25) is 0 Å². The van der Waals surface area contributed by atoms with Gasteiger partial charge in [-0.3, -0.25) is 4.79 Å². The predicted octanol–water partition coefficient (Wildman–Crippen LogP) is 7.15. The Morgan fingerprint density at radius 1 is 1.02 bits per heavy atom. The zero-order chi connectivity index (χ0) is 35.9. The van der Waals surface area contributed by atoms with Crippen molar-refractivity contribution in [1.82, 2.24) is 24.4 Å². The van der Waals surface area contributed by atoms with Crippen LogP contribution in [0.3, 0.4) is 0 Å². The Bertz CT molecular complexity index is 2020. The van der Waals surface area contributed by atoms with Gasteiger partial charge in [-0.15, -0.1) is 5.54 Å². The Morgan fingerprint density at radius 2 is 1.72 bits per heavy atom. The van der Waals surface area contributed by atoms with E-state index in [1.54, 1.807) is 25.6 Å². The van der Waals surface area contributed by atoms with Crippen LogP contribution in [0.1, 0.15) is 110 Å². The van der Waals surface area contributed by atoms with Crippen LogP contribution in [0, 0.1) is 11.5 Å². The highest BCUT2D eigenvalue weighted by molar-refractivity contribution is 6.90. The van der Waals surface area contributed by atoms with Gasteiger partial charge in [0.1, 0.15) is 19.7 Å². The van der Waals surface area contributed by atoms with Gasteiger partial charge in [-0.05, 0) is 59.3 Å². The molecule has 1 amide bonds. The van der Waals surface area contributed by atoms with Gasteiger partial charge in [0.15, 0.2) is 0 Å². The maximum absolute atomic E-state index is 14.2. The molecule has 2 aromatic carbocycles. The smallest absolute Gasteiger partial charge is 0.254 e. The van der Waals surface area contributed by atoms with Gasteiger partial charge in [-0.2, -0.15) is 0 Å². The number of methoxy groups -OCH3 is 1. The molecule has 0 unspecified atom stereocenters. The number of carbonyl (C=O) groups is 1. The molecule has 244 valence electrons. The molecule has 0 spiro atoms. The normalized spacial score (nSPS) is 24.7. The summed E-state index contributed by atoms with van der Waals surface area (Å²) < 4.78 is 33.0. The highest BCUT2D eigenvalue weighted by Crippen LogP contribution is 2.49. The van der Waals surface area contributed by atoms with Crippen LogP contribution in [0.2, 0.25) is 16.6 Å². The fraction of sp³-hybridized carbons (Fsp3) is 0.474. The number of rotatable bonds is 6. The van der Waals surface area contributed by atoms with Gasteiger partial charge in [0.25, 0.3) is 5.91 Å². The lowest BCUT2D eigenvalue weighted by molar-refractivity contribution is -0.0195. The molecule has 7 rings (SSSR count). The van der Waals surface area contributed by atoms with Crippen molar-refractivity contribution in [3.05, 3.63) is 77.1 Å². The number of nitrogens with two attached hydrogens (primary N) is 1. The molecule has 4 aromatic rings. The summed E-state index contributed by atoms with van der Waals surface area (Å²) >= 11 is 0. The number of ether oxygens (including phenoxy) is 1. The molecule has 0 radical (unpaired) electrons. The number of amides is 1. The molecular weight excluding hydrogens is 601 g/mol. The van der Waals surface area contributed by atoms with Gasteiger partial charge in [-0.25, -0.2) is 15.0 Å². The molecule has 1 aliphatic carbocycles. The van der Waals surface area contributed by atoms with Crippen molar-refractivity contribution < 1.29 is 13.6 Å².